The lowest BCUT2D eigenvalue weighted by atomic mass is 10.0. The smallest absolute Gasteiger partial charge is 0.253 e. The lowest BCUT2D eigenvalue weighted by Gasteiger charge is -2.09. The molecule has 0 aliphatic rings. The van der Waals surface area contributed by atoms with Crippen LogP contribution >= 0.6 is 23.2 Å². The lowest BCUT2D eigenvalue weighted by Crippen LogP contribution is -1.97. The SMILES string of the molecule is CCc1ccc2nc(-c3ccccc3Cl)cc(C(=O)Cl)c2c1. The molecule has 0 unspecified atom stereocenters. The molecule has 1 heterocycles. The number of carbonyl (C=O) groups excluding carboxylic acids is 1. The third-order valence-electron chi connectivity index (χ3n) is 3.64. The van der Waals surface area contributed by atoms with Gasteiger partial charge in [0.25, 0.3) is 5.24 Å². The van der Waals surface area contributed by atoms with Gasteiger partial charge in [-0.15, -0.1) is 0 Å². The molecule has 0 spiro atoms. The summed E-state index contributed by atoms with van der Waals surface area (Å²) in [6, 6.07) is 15.0. The fraction of sp³-hybridized carbons (Fsp3) is 0.111. The average Bonchev–Trinajstić information content (AvgIpc) is 2.53. The number of pyridine rings is 1. The Morgan fingerprint density at radius 2 is 1.91 bits per heavy atom. The molecule has 0 atom stereocenters. The number of fused-ring (bicyclic) bond motifs is 1. The second-order valence-electron chi connectivity index (χ2n) is 5.01. The Labute approximate surface area is 138 Å². The van der Waals surface area contributed by atoms with Crippen LogP contribution < -0.4 is 0 Å². The molecular weight excluding hydrogens is 317 g/mol. The molecule has 0 saturated heterocycles. The maximum absolute atomic E-state index is 11.8. The molecule has 3 rings (SSSR count). The van der Waals surface area contributed by atoms with Crippen LogP contribution in [0.25, 0.3) is 22.2 Å². The van der Waals surface area contributed by atoms with Crippen LogP contribution in [0.15, 0.2) is 48.5 Å². The normalized spacial score (nSPS) is 10.9. The summed E-state index contributed by atoms with van der Waals surface area (Å²) in [5, 5.41) is 0.872. The Bertz CT molecular complexity index is 874. The Balaban J connectivity index is 2.31. The Kier molecular flexibility index (Phi) is 4.14. The van der Waals surface area contributed by atoms with Gasteiger partial charge in [-0.3, -0.25) is 4.79 Å². The Morgan fingerprint density at radius 1 is 1.14 bits per heavy atom. The number of rotatable bonds is 3. The molecule has 0 fully saturated rings. The van der Waals surface area contributed by atoms with Gasteiger partial charge in [0.2, 0.25) is 0 Å². The zero-order valence-corrected chi connectivity index (χ0v) is 13.4. The zero-order chi connectivity index (χ0) is 15.7. The average molecular weight is 330 g/mol. The second-order valence-corrected chi connectivity index (χ2v) is 5.76. The first-order valence-corrected chi connectivity index (χ1v) is 7.74. The molecule has 0 aliphatic heterocycles. The van der Waals surface area contributed by atoms with Crippen LogP contribution in [0.3, 0.4) is 0 Å². The minimum atomic E-state index is -0.492. The molecule has 0 radical (unpaired) electrons. The largest absolute Gasteiger partial charge is 0.276 e. The van der Waals surface area contributed by atoms with Crippen molar-refractivity contribution in [2.75, 3.05) is 0 Å². The molecular formula is C18H13Cl2NO. The van der Waals surface area contributed by atoms with Crippen molar-refractivity contribution < 1.29 is 4.79 Å². The highest BCUT2D eigenvalue weighted by Crippen LogP contribution is 2.30. The van der Waals surface area contributed by atoms with E-state index in [4.69, 9.17) is 23.2 Å². The van der Waals surface area contributed by atoms with Gasteiger partial charge in [-0.05, 0) is 47.9 Å². The molecule has 0 bridgehead atoms. The summed E-state index contributed by atoms with van der Waals surface area (Å²) in [4.78, 5) is 16.5. The number of carbonyl (C=O) groups is 1. The van der Waals surface area contributed by atoms with E-state index in [0.717, 1.165) is 28.5 Å². The summed E-state index contributed by atoms with van der Waals surface area (Å²) in [6.07, 6.45) is 0.887. The van der Waals surface area contributed by atoms with Gasteiger partial charge in [0.05, 0.1) is 11.2 Å². The van der Waals surface area contributed by atoms with Gasteiger partial charge < -0.3 is 0 Å². The maximum Gasteiger partial charge on any atom is 0.253 e. The van der Waals surface area contributed by atoms with Crippen molar-refractivity contribution in [2.45, 2.75) is 13.3 Å². The molecule has 22 heavy (non-hydrogen) atoms. The number of aryl methyl sites for hydroxylation is 1. The van der Waals surface area contributed by atoms with Crippen molar-refractivity contribution in [3.63, 3.8) is 0 Å². The van der Waals surface area contributed by atoms with Gasteiger partial charge in [-0.1, -0.05) is 42.8 Å². The van der Waals surface area contributed by atoms with E-state index < -0.39 is 5.24 Å². The van der Waals surface area contributed by atoms with Gasteiger partial charge >= 0.3 is 0 Å². The first-order valence-electron chi connectivity index (χ1n) is 6.98. The van der Waals surface area contributed by atoms with Gasteiger partial charge in [-0.25, -0.2) is 4.98 Å². The van der Waals surface area contributed by atoms with E-state index in [1.807, 2.05) is 36.4 Å². The molecule has 0 amide bonds. The molecule has 2 aromatic carbocycles. The predicted molar refractivity (Wildman–Crippen MR) is 91.8 cm³/mol. The molecule has 2 nitrogen and oxygen atoms in total. The molecule has 0 N–H and O–H groups in total. The molecule has 0 saturated carbocycles. The van der Waals surface area contributed by atoms with Crippen LogP contribution in [0.2, 0.25) is 5.02 Å². The summed E-state index contributed by atoms with van der Waals surface area (Å²) in [5.41, 5.74) is 3.76. The van der Waals surface area contributed by atoms with Crippen molar-refractivity contribution in [1.82, 2.24) is 4.98 Å². The first kappa shape index (κ1) is 15.0. The Morgan fingerprint density at radius 3 is 2.59 bits per heavy atom. The van der Waals surface area contributed by atoms with E-state index in [2.05, 4.69) is 11.9 Å². The van der Waals surface area contributed by atoms with E-state index in [9.17, 15) is 4.79 Å². The van der Waals surface area contributed by atoms with Gasteiger partial charge in [0.15, 0.2) is 0 Å². The number of benzene rings is 2. The number of nitrogens with zero attached hydrogens (tertiary/aromatic N) is 1. The van der Waals surface area contributed by atoms with Crippen LogP contribution in [0.5, 0.6) is 0 Å². The highest BCUT2D eigenvalue weighted by molar-refractivity contribution is 6.68. The lowest BCUT2D eigenvalue weighted by molar-refractivity contribution is 0.108. The van der Waals surface area contributed by atoms with Crippen molar-refractivity contribution >= 4 is 39.3 Å². The summed E-state index contributed by atoms with van der Waals surface area (Å²) in [6.45, 7) is 2.06. The minimum Gasteiger partial charge on any atom is -0.276 e. The van der Waals surface area contributed by atoms with Crippen molar-refractivity contribution in [3.8, 4) is 11.3 Å². The maximum atomic E-state index is 11.8. The number of aromatic nitrogens is 1. The quantitative estimate of drug-likeness (QED) is 0.594. The van der Waals surface area contributed by atoms with E-state index >= 15 is 0 Å². The van der Waals surface area contributed by atoms with Crippen LogP contribution in [0, 0.1) is 0 Å². The number of hydrogen-bond acceptors (Lipinski definition) is 2. The van der Waals surface area contributed by atoms with Gasteiger partial charge in [0.1, 0.15) is 0 Å². The van der Waals surface area contributed by atoms with Gasteiger partial charge in [0, 0.05) is 21.5 Å². The monoisotopic (exact) mass is 329 g/mol. The summed E-state index contributed by atoms with van der Waals surface area (Å²) in [7, 11) is 0. The van der Waals surface area contributed by atoms with Crippen LogP contribution in [0.1, 0.15) is 22.8 Å². The van der Waals surface area contributed by atoms with Crippen molar-refractivity contribution in [3.05, 3.63) is 64.7 Å². The van der Waals surface area contributed by atoms with E-state index in [0.29, 0.717) is 16.3 Å². The third-order valence-corrected chi connectivity index (χ3v) is 4.18. The first-order chi connectivity index (χ1) is 10.6. The number of halogens is 2. The second kappa shape index (κ2) is 6.07. The third kappa shape index (κ3) is 2.72. The predicted octanol–water partition coefficient (Wildman–Crippen LogP) is 5.50. The van der Waals surface area contributed by atoms with Crippen LogP contribution in [0.4, 0.5) is 0 Å². The van der Waals surface area contributed by atoms with Crippen molar-refractivity contribution in [2.24, 2.45) is 0 Å². The molecule has 3 aromatic rings. The Hall–Kier alpha value is -1.90. The summed E-state index contributed by atoms with van der Waals surface area (Å²) in [5.74, 6) is 0. The van der Waals surface area contributed by atoms with Crippen LogP contribution in [-0.2, 0) is 6.42 Å². The zero-order valence-electron chi connectivity index (χ0n) is 11.9. The van der Waals surface area contributed by atoms with Crippen molar-refractivity contribution in [1.29, 1.82) is 0 Å². The molecule has 4 heteroatoms. The van der Waals surface area contributed by atoms with E-state index in [1.54, 1.807) is 12.1 Å². The fourth-order valence-corrected chi connectivity index (χ4v) is 2.85. The van der Waals surface area contributed by atoms with E-state index in [-0.39, 0.29) is 0 Å². The highest BCUT2D eigenvalue weighted by Gasteiger charge is 2.14. The topological polar surface area (TPSA) is 30.0 Å². The van der Waals surface area contributed by atoms with Crippen LogP contribution in [-0.4, -0.2) is 10.2 Å². The molecule has 110 valence electrons. The minimum absolute atomic E-state index is 0.455. The highest BCUT2D eigenvalue weighted by atomic mass is 35.5. The fourth-order valence-electron chi connectivity index (χ4n) is 2.46. The standard InChI is InChI=1S/C18H13Cl2NO/c1-2-11-7-8-16-13(9-11)14(18(20)22)10-17(21-16)12-5-3-4-6-15(12)19/h3-10H,2H2,1H3. The van der Waals surface area contributed by atoms with E-state index in [1.165, 1.54) is 0 Å². The summed E-state index contributed by atoms with van der Waals surface area (Å²) < 4.78 is 0. The van der Waals surface area contributed by atoms with Gasteiger partial charge in [-0.2, -0.15) is 0 Å². The molecule has 0 aliphatic carbocycles. The summed E-state index contributed by atoms with van der Waals surface area (Å²) >= 11 is 12.0. The number of hydrogen-bond donors (Lipinski definition) is 0. The molecule has 1 aromatic heterocycles.